The number of phenolic OH excluding ortho intramolecular Hbond substituents is 2. The SMILES string of the molecule is NS(=O)(=O)c1ccc(CNC(=O)c2ccc(O)cc2O)s1. The normalized spacial score (nSPS) is 11.3. The molecule has 0 saturated heterocycles. The van der Waals surface area contributed by atoms with Crippen LogP contribution < -0.4 is 10.5 Å². The number of benzene rings is 1. The maximum absolute atomic E-state index is 11.9. The molecule has 1 amide bonds. The number of nitrogens with one attached hydrogen (secondary N) is 1. The van der Waals surface area contributed by atoms with Gasteiger partial charge in [-0.15, -0.1) is 11.3 Å². The first kappa shape index (κ1) is 15.3. The Morgan fingerprint density at radius 2 is 1.95 bits per heavy atom. The largest absolute Gasteiger partial charge is 0.508 e. The predicted octanol–water partition coefficient (Wildman–Crippen LogP) is 0.737. The van der Waals surface area contributed by atoms with Crippen LogP contribution in [0, 0.1) is 0 Å². The highest BCUT2D eigenvalue weighted by Gasteiger charge is 2.14. The number of thiophene rings is 1. The van der Waals surface area contributed by atoms with Crippen molar-refractivity contribution in [3.05, 3.63) is 40.8 Å². The highest BCUT2D eigenvalue weighted by atomic mass is 32.2. The van der Waals surface area contributed by atoms with E-state index in [4.69, 9.17) is 10.2 Å². The highest BCUT2D eigenvalue weighted by molar-refractivity contribution is 7.91. The van der Waals surface area contributed by atoms with Crippen LogP contribution in [0.15, 0.2) is 34.5 Å². The zero-order valence-corrected chi connectivity index (χ0v) is 12.2. The Balaban J connectivity index is 2.06. The number of nitrogens with two attached hydrogens (primary N) is 1. The fraction of sp³-hybridized carbons (Fsp3) is 0.0833. The van der Waals surface area contributed by atoms with E-state index in [1.807, 2.05) is 0 Å². The molecule has 0 fully saturated rings. The number of aromatic hydroxyl groups is 2. The Morgan fingerprint density at radius 3 is 2.52 bits per heavy atom. The van der Waals surface area contributed by atoms with Gasteiger partial charge in [-0.1, -0.05) is 0 Å². The zero-order valence-electron chi connectivity index (χ0n) is 10.6. The lowest BCUT2D eigenvalue weighted by Crippen LogP contribution is -2.22. The molecule has 2 rings (SSSR count). The Labute approximate surface area is 124 Å². The summed E-state index contributed by atoms with van der Waals surface area (Å²) in [6.45, 7) is 0.0966. The minimum Gasteiger partial charge on any atom is -0.508 e. The van der Waals surface area contributed by atoms with Crippen molar-refractivity contribution in [3.8, 4) is 11.5 Å². The summed E-state index contributed by atoms with van der Waals surface area (Å²) in [5.74, 6) is -1.04. The summed E-state index contributed by atoms with van der Waals surface area (Å²) in [6, 6.07) is 6.52. The van der Waals surface area contributed by atoms with Crippen LogP contribution in [0.25, 0.3) is 0 Å². The van der Waals surface area contributed by atoms with E-state index in [-0.39, 0.29) is 27.8 Å². The summed E-state index contributed by atoms with van der Waals surface area (Å²) in [7, 11) is -3.75. The summed E-state index contributed by atoms with van der Waals surface area (Å²) < 4.78 is 22.3. The highest BCUT2D eigenvalue weighted by Crippen LogP contribution is 2.23. The van der Waals surface area contributed by atoms with Crippen LogP contribution >= 0.6 is 11.3 Å². The van der Waals surface area contributed by atoms with Gasteiger partial charge in [0, 0.05) is 10.9 Å². The molecule has 0 radical (unpaired) electrons. The molecule has 0 bridgehead atoms. The van der Waals surface area contributed by atoms with Gasteiger partial charge in [-0.2, -0.15) is 0 Å². The lowest BCUT2D eigenvalue weighted by Gasteiger charge is -2.06. The topological polar surface area (TPSA) is 130 Å². The molecule has 112 valence electrons. The molecular weight excluding hydrogens is 316 g/mol. The maximum Gasteiger partial charge on any atom is 0.255 e. The van der Waals surface area contributed by atoms with Crippen molar-refractivity contribution in [2.24, 2.45) is 5.14 Å². The second-order valence-electron chi connectivity index (χ2n) is 4.15. The van der Waals surface area contributed by atoms with Crippen LogP contribution in [0.2, 0.25) is 0 Å². The number of sulfonamides is 1. The molecule has 0 spiro atoms. The molecule has 1 aromatic carbocycles. The van der Waals surface area contributed by atoms with Gasteiger partial charge in [0.2, 0.25) is 10.0 Å². The van der Waals surface area contributed by atoms with Gasteiger partial charge in [0.1, 0.15) is 15.7 Å². The lowest BCUT2D eigenvalue weighted by atomic mass is 10.2. The van der Waals surface area contributed by atoms with E-state index in [2.05, 4.69) is 5.32 Å². The average molecular weight is 328 g/mol. The van der Waals surface area contributed by atoms with Gasteiger partial charge in [-0.3, -0.25) is 4.79 Å². The number of amides is 1. The fourth-order valence-corrected chi connectivity index (χ4v) is 3.30. The third-order valence-electron chi connectivity index (χ3n) is 2.57. The van der Waals surface area contributed by atoms with Crippen molar-refractivity contribution in [3.63, 3.8) is 0 Å². The van der Waals surface area contributed by atoms with Crippen molar-refractivity contribution < 1.29 is 23.4 Å². The van der Waals surface area contributed by atoms with Crippen molar-refractivity contribution in [1.29, 1.82) is 0 Å². The standard InChI is InChI=1S/C12H12N2O5S2/c13-21(18,19)11-4-2-8(20-11)6-14-12(17)9-3-1-7(15)5-10(9)16/h1-5,15-16H,6H2,(H,14,17)(H2,13,18,19). The molecule has 0 aliphatic carbocycles. The molecule has 21 heavy (non-hydrogen) atoms. The van der Waals surface area contributed by atoms with Crippen LogP contribution in [-0.2, 0) is 16.6 Å². The molecule has 2 aromatic rings. The molecule has 7 nitrogen and oxygen atoms in total. The lowest BCUT2D eigenvalue weighted by molar-refractivity contribution is 0.0948. The van der Waals surface area contributed by atoms with Crippen LogP contribution in [-0.4, -0.2) is 24.5 Å². The first-order valence-electron chi connectivity index (χ1n) is 5.69. The van der Waals surface area contributed by atoms with Crippen molar-refractivity contribution >= 4 is 27.3 Å². The first-order chi connectivity index (χ1) is 9.77. The number of primary sulfonamides is 1. The third-order valence-corrected chi connectivity index (χ3v) is 5.09. The number of carbonyl (C=O) groups is 1. The number of hydrogen-bond acceptors (Lipinski definition) is 6. The minimum atomic E-state index is -3.75. The third kappa shape index (κ3) is 3.72. The van der Waals surface area contributed by atoms with Gasteiger partial charge >= 0.3 is 0 Å². The van der Waals surface area contributed by atoms with Crippen molar-refractivity contribution in [1.82, 2.24) is 5.32 Å². The molecule has 1 heterocycles. The van der Waals surface area contributed by atoms with Gasteiger partial charge in [0.05, 0.1) is 12.1 Å². The Bertz CT molecular complexity index is 783. The number of hydrogen-bond donors (Lipinski definition) is 4. The molecule has 1 aromatic heterocycles. The van der Waals surface area contributed by atoms with Gasteiger partial charge in [0.15, 0.2) is 0 Å². The van der Waals surface area contributed by atoms with Gasteiger partial charge in [0.25, 0.3) is 5.91 Å². The second-order valence-corrected chi connectivity index (χ2v) is 7.11. The van der Waals surface area contributed by atoms with E-state index >= 15 is 0 Å². The number of rotatable bonds is 4. The molecule has 0 aliphatic rings. The smallest absolute Gasteiger partial charge is 0.255 e. The number of phenols is 2. The maximum atomic E-state index is 11.9. The minimum absolute atomic E-state index is 0.0102. The predicted molar refractivity (Wildman–Crippen MR) is 76.6 cm³/mol. The van der Waals surface area contributed by atoms with Crippen molar-refractivity contribution in [2.45, 2.75) is 10.8 Å². The summed E-state index contributed by atoms with van der Waals surface area (Å²) in [5, 5.41) is 26.2. The molecule has 9 heteroatoms. The van der Waals surface area contributed by atoms with Crippen LogP contribution in [0.5, 0.6) is 11.5 Å². The van der Waals surface area contributed by atoms with E-state index in [9.17, 15) is 18.3 Å². The van der Waals surface area contributed by atoms with Crippen LogP contribution in [0.1, 0.15) is 15.2 Å². The van der Waals surface area contributed by atoms with E-state index in [0.717, 1.165) is 17.4 Å². The molecule has 5 N–H and O–H groups in total. The van der Waals surface area contributed by atoms with Gasteiger partial charge in [-0.25, -0.2) is 13.6 Å². The quantitative estimate of drug-likeness (QED) is 0.657. The Kier molecular flexibility index (Phi) is 4.16. The van der Waals surface area contributed by atoms with E-state index < -0.39 is 15.9 Å². The van der Waals surface area contributed by atoms with Gasteiger partial charge < -0.3 is 15.5 Å². The van der Waals surface area contributed by atoms with Crippen LogP contribution in [0.4, 0.5) is 0 Å². The molecule has 0 unspecified atom stereocenters. The summed E-state index contributed by atoms with van der Waals surface area (Å²) in [6.07, 6.45) is 0. The summed E-state index contributed by atoms with van der Waals surface area (Å²) in [5.41, 5.74) is 0.0102. The zero-order chi connectivity index (χ0) is 15.6. The number of carbonyl (C=O) groups excluding carboxylic acids is 1. The van der Waals surface area contributed by atoms with E-state index in [0.29, 0.717) is 4.88 Å². The molecule has 0 aliphatic heterocycles. The molecular formula is C12H12N2O5S2. The van der Waals surface area contributed by atoms with Gasteiger partial charge in [-0.05, 0) is 24.3 Å². The van der Waals surface area contributed by atoms with E-state index in [1.54, 1.807) is 6.07 Å². The fourth-order valence-electron chi connectivity index (χ4n) is 1.58. The van der Waals surface area contributed by atoms with Crippen molar-refractivity contribution in [2.75, 3.05) is 0 Å². The molecule has 0 saturated carbocycles. The second kappa shape index (κ2) is 5.72. The Hall–Kier alpha value is -2.10. The summed E-state index contributed by atoms with van der Waals surface area (Å²) in [4.78, 5) is 12.5. The first-order valence-corrected chi connectivity index (χ1v) is 8.05. The van der Waals surface area contributed by atoms with Crippen LogP contribution in [0.3, 0.4) is 0 Å². The summed E-state index contributed by atoms with van der Waals surface area (Å²) >= 11 is 0.953. The molecule has 0 atom stereocenters. The monoisotopic (exact) mass is 328 g/mol. The average Bonchev–Trinajstić information content (AvgIpc) is 2.84. The van der Waals surface area contributed by atoms with E-state index in [1.165, 1.54) is 18.2 Å². The Morgan fingerprint density at radius 1 is 1.24 bits per heavy atom.